The molecule has 2 N–H and O–H groups in total. The fourth-order valence-corrected chi connectivity index (χ4v) is 7.00. The van der Waals surface area contributed by atoms with E-state index < -0.39 is 23.3 Å². The first kappa shape index (κ1) is 16.0. The van der Waals surface area contributed by atoms with E-state index in [0.717, 1.165) is 32.1 Å². The molecular formula is C19H29FO3. The molecule has 4 heteroatoms. The van der Waals surface area contributed by atoms with Crippen molar-refractivity contribution in [3.63, 3.8) is 0 Å². The SMILES string of the molecule is C[C@]12CC[C@H]3[C@@H]([C@H](O)C[C@@]4(O)CCCC[C@]34C)[C@@H]1C[C@@H](F)C2=O. The summed E-state index contributed by atoms with van der Waals surface area (Å²) in [5.41, 5.74) is -1.60. The number of aliphatic hydroxyl groups excluding tert-OH is 1. The Bertz CT molecular complexity index is 537. The summed E-state index contributed by atoms with van der Waals surface area (Å²) in [7, 11) is 0. The fraction of sp³-hybridized carbons (Fsp3) is 0.947. The number of fused-ring (bicyclic) bond motifs is 5. The van der Waals surface area contributed by atoms with Crippen LogP contribution in [0.5, 0.6) is 0 Å². The minimum absolute atomic E-state index is 0.0400. The molecule has 0 aromatic carbocycles. The summed E-state index contributed by atoms with van der Waals surface area (Å²) >= 11 is 0. The van der Waals surface area contributed by atoms with Gasteiger partial charge in [-0.1, -0.05) is 26.7 Å². The van der Waals surface area contributed by atoms with Gasteiger partial charge in [0.05, 0.1) is 11.7 Å². The molecule has 0 saturated heterocycles. The Morgan fingerprint density at radius 1 is 1.13 bits per heavy atom. The smallest absolute Gasteiger partial charge is 0.173 e. The van der Waals surface area contributed by atoms with Crippen molar-refractivity contribution in [1.29, 1.82) is 0 Å². The van der Waals surface area contributed by atoms with Crippen molar-refractivity contribution in [2.75, 3.05) is 0 Å². The molecule has 0 unspecified atom stereocenters. The monoisotopic (exact) mass is 324 g/mol. The molecule has 0 aliphatic heterocycles. The van der Waals surface area contributed by atoms with E-state index in [9.17, 15) is 19.4 Å². The normalized spacial score (nSPS) is 59.2. The Morgan fingerprint density at radius 2 is 1.83 bits per heavy atom. The maximum Gasteiger partial charge on any atom is 0.173 e. The Hall–Kier alpha value is -0.480. The van der Waals surface area contributed by atoms with E-state index in [2.05, 4.69) is 6.92 Å². The van der Waals surface area contributed by atoms with Crippen LogP contribution in [0.3, 0.4) is 0 Å². The predicted octanol–water partition coefficient (Wildman–Crippen LogP) is 3.02. The highest BCUT2D eigenvalue weighted by Crippen LogP contribution is 2.66. The second-order valence-electron chi connectivity index (χ2n) is 9.24. The predicted molar refractivity (Wildman–Crippen MR) is 84.5 cm³/mol. The van der Waals surface area contributed by atoms with Gasteiger partial charge in [0, 0.05) is 11.8 Å². The number of hydrogen-bond acceptors (Lipinski definition) is 3. The highest BCUT2D eigenvalue weighted by molar-refractivity contribution is 5.91. The summed E-state index contributed by atoms with van der Waals surface area (Å²) in [6.45, 7) is 4.09. The lowest BCUT2D eigenvalue weighted by Gasteiger charge is -2.64. The maximum absolute atomic E-state index is 14.2. The van der Waals surface area contributed by atoms with Crippen LogP contribution in [0.4, 0.5) is 4.39 Å². The summed E-state index contributed by atoms with van der Waals surface area (Å²) in [6.07, 6.45) is 4.08. The van der Waals surface area contributed by atoms with Gasteiger partial charge in [-0.25, -0.2) is 4.39 Å². The number of Topliss-reactive ketones (excluding diaryl/α,β-unsaturated/α-hetero) is 1. The lowest BCUT2D eigenvalue weighted by atomic mass is 9.43. The third kappa shape index (κ3) is 1.85. The lowest BCUT2D eigenvalue weighted by Crippen LogP contribution is -2.65. The average Bonchev–Trinajstić information content (AvgIpc) is 2.72. The van der Waals surface area contributed by atoms with Crippen LogP contribution in [0.15, 0.2) is 0 Å². The van der Waals surface area contributed by atoms with Crippen molar-refractivity contribution >= 4 is 5.78 Å². The summed E-state index contributed by atoms with van der Waals surface area (Å²) < 4.78 is 14.2. The van der Waals surface area contributed by atoms with Crippen molar-refractivity contribution in [3.8, 4) is 0 Å². The molecule has 0 aromatic rings. The topological polar surface area (TPSA) is 57.5 Å². The number of alkyl halides is 1. The molecule has 4 fully saturated rings. The second kappa shape index (κ2) is 4.78. The quantitative estimate of drug-likeness (QED) is 0.720. The number of carbonyl (C=O) groups is 1. The van der Waals surface area contributed by atoms with Gasteiger partial charge in [-0.2, -0.15) is 0 Å². The molecule has 0 bridgehead atoms. The molecule has 0 amide bonds. The molecule has 0 spiro atoms. The molecule has 3 nitrogen and oxygen atoms in total. The Morgan fingerprint density at radius 3 is 2.57 bits per heavy atom. The van der Waals surface area contributed by atoms with E-state index in [1.165, 1.54) is 0 Å². The number of aliphatic hydroxyl groups is 2. The van der Waals surface area contributed by atoms with Crippen LogP contribution < -0.4 is 0 Å². The second-order valence-corrected chi connectivity index (χ2v) is 9.24. The van der Waals surface area contributed by atoms with Gasteiger partial charge in [-0.05, 0) is 55.3 Å². The number of ketones is 1. The summed E-state index contributed by atoms with van der Waals surface area (Å²) in [4.78, 5) is 12.4. The molecule has 130 valence electrons. The number of hydrogen-bond donors (Lipinski definition) is 2. The van der Waals surface area contributed by atoms with Gasteiger partial charge in [0.2, 0.25) is 0 Å². The first-order valence-corrected chi connectivity index (χ1v) is 9.32. The van der Waals surface area contributed by atoms with Gasteiger partial charge in [-0.15, -0.1) is 0 Å². The van der Waals surface area contributed by atoms with Gasteiger partial charge in [0.1, 0.15) is 0 Å². The Kier molecular flexibility index (Phi) is 3.33. The largest absolute Gasteiger partial charge is 0.393 e. The van der Waals surface area contributed by atoms with Gasteiger partial charge < -0.3 is 10.2 Å². The molecule has 0 radical (unpaired) electrons. The van der Waals surface area contributed by atoms with Crippen molar-refractivity contribution in [1.82, 2.24) is 0 Å². The third-order valence-corrected chi connectivity index (χ3v) is 8.44. The van der Waals surface area contributed by atoms with Gasteiger partial charge in [0.25, 0.3) is 0 Å². The lowest BCUT2D eigenvalue weighted by molar-refractivity contribution is -0.234. The zero-order valence-electron chi connectivity index (χ0n) is 14.2. The van der Waals surface area contributed by atoms with E-state index in [4.69, 9.17) is 0 Å². The number of rotatable bonds is 0. The van der Waals surface area contributed by atoms with Gasteiger partial charge >= 0.3 is 0 Å². The first-order chi connectivity index (χ1) is 10.7. The summed E-state index contributed by atoms with van der Waals surface area (Å²) in [6, 6.07) is 0. The maximum atomic E-state index is 14.2. The highest BCUT2D eigenvalue weighted by atomic mass is 19.1. The summed E-state index contributed by atoms with van der Waals surface area (Å²) in [5.74, 6) is -0.153. The van der Waals surface area contributed by atoms with Crippen LogP contribution in [0.25, 0.3) is 0 Å². The molecule has 4 rings (SSSR count). The van der Waals surface area contributed by atoms with E-state index in [-0.39, 0.29) is 35.4 Å². The third-order valence-electron chi connectivity index (χ3n) is 8.44. The zero-order valence-corrected chi connectivity index (χ0v) is 14.2. The van der Waals surface area contributed by atoms with Crippen molar-refractivity contribution in [2.24, 2.45) is 28.6 Å². The summed E-state index contributed by atoms with van der Waals surface area (Å²) in [5, 5.41) is 22.1. The Balaban J connectivity index is 1.75. The number of carbonyl (C=O) groups excluding carboxylic acids is 1. The van der Waals surface area contributed by atoms with Crippen LogP contribution in [-0.2, 0) is 4.79 Å². The highest BCUT2D eigenvalue weighted by Gasteiger charge is 2.67. The molecule has 8 atom stereocenters. The van der Waals surface area contributed by atoms with Crippen LogP contribution >= 0.6 is 0 Å². The van der Waals surface area contributed by atoms with E-state index in [0.29, 0.717) is 12.8 Å². The molecule has 0 aromatic heterocycles. The average molecular weight is 324 g/mol. The van der Waals surface area contributed by atoms with Crippen LogP contribution in [-0.4, -0.2) is 33.9 Å². The Labute approximate surface area is 137 Å². The molecular weight excluding hydrogens is 295 g/mol. The molecule has 4 saturated carbocycles. The van der Waals surface area contributed by atoms with E-state index in [1.807, 2.05) is 6.92 Å². The minimum Gasteiger partial charge on any atom is -0.393 e. The standard InChI is InChI=1S/C19H29FO3/c1-17-8-5-11-15(12(17)9-13(20)16(17)22)14(21)10-19(23)7-4-3-6-18(11,19)2/h11-15,21,23H,3-10H2,1-2H3/t11-,12-,13+,14+,15+,17-,18+,19-/m0/s1. The molecule has 4 aliphatic rings. The van der Waals surface area contributed by atoms with Crippen molar-refractivity contribution in [3.05, 3.63) is 0 Å². The van der Waals surface area contributed by atoms with Gasteiger partial charge in [0.15, 0.2) is 12.0 Å². The van der Waals surface area contributed by atoms with Crippen LogP contribution in [0.2, 0.25) is 0 Å². The van der Waals surface area contributed by atoms with Crippen molar-refractivity contribution < 1.29 is 19.4 Å². The fourth-order valence-electron chi connectivity index (χ4n) is 7.00. The molecule has 0 heterocycles. The van der Waals surface area contributed by atoms with Gasteiger partial charge in [-0.3, -0.25) is 4.79 Å². The minimum atomic E-state index is -1.36. The number of halogens is 1. The van der Waals surface area contributed by atoms with Crippen molar-refractivity contribution in [2.45, 2.75) is 83.1 Å². The van der Waals surface area contributed by atoms with Crippen LogP contribution in [0.1, 0.15) is 65.2 Å². The first-order valence-electron chi connectivity index (χ1n) is 9.32. The van der Waals surface area contributed by atoms with E-state index >= 15 is 0 Å². The molecule has 4 aliphatic carbocycles. The van der Waals surface area contributed by atoms with E-state index in [1.54, 1.807) is 0 Å². The van der Waals surface area contributed by atoms with Crippen LogP contribution in [0, 0.1) is 28.6 Å². The molecule has 23 heavy (non-hydrogen) atoms. The zero-order chi connectivity index (χ0) is 16.6.